The molecule has 0 aliphatic rings. The Kier molecular flexibility index (Phi) is 6.96. The Morgan fingerprint density at radius 3 is 2.04 bits per heavy atom. The molecule has 1 aromatic carbocycles. The van der Waals surface area contributed by atoms with E-state index in [0.29, 0.717) is 4.90 Å². The zero-order valence-electron chi connectivity index (χ0n) is 13.6. The van der Waals surface area contributed by atoms with E-state index >= 15 is 0 Å². The third-order valence-electron chi connectivity index (χ3n) is 3.55. The van der Waals surface area contributed by atoms with Crippen LogP contribution in [-0.4, -0.2) is 35.4 Å². The maximum Gasteiger partial charge on any atom is 0.353 e. The quantitative estimate of drug-likeness (QED) is 0.421. The molecule has 0 aromatic heterocycles. The monoisotopic (exact) mass is 363 g/mol. The van der Waals surface area contributed by atoms with E-state index in [1.807, 2.05) is 0 Å². The van der Waals surface area contributed by atoms with E-state index < -0.39 is 59.6 Å². The van der Waals surface area contributed by atoms with Gasteiger partial charge >= 0.3 is 11.9 Å². The molecule has 0 aliphatic carbocycles. The molecule has 0 unspecified atom stereocenters. The molecule has 0 atom stereocenters. The van der Waals surface area contributed by atoms with Gasteiger partial charge in [-0.15, -0.1) is 0 Å². The summed E-state index contributed by atoms with van der Waals surface area (Å²) in [5, 5.41) is 18.5. The van der Waals surface area contributed by atoms with Crippen LogP contribution in [0.2, 0.25) is 0 Å². The average molecular weight is 363 g/mol. The molecule has 0 fully saturated rings. The maximum absolute atomic E-state index is 14.2. The molecule has 138 valence electrons. The Balaban J connectivity index is 3.79. The molecule has 0 saturated heterocycles. The summed E-state index contributed by atoms with van der Waals surface area (Å²) in [4.78, 5) is 23.3. The molecule has 5 nitrogen and oxygen atoms in total. The second-order valence-electron chi connectivity index (χ2n) is 4.98. The van der Waals surface area contributed by atoms with Crippen molar-refractivity contribution >= 4 is 17.6 Å². The lowest BCUT2D eigenvalue weighted by atomic mass is 10.1. The second-order valence-corrected chi connectivity index (χ2v) is 4.98. The molecule has 2 N–H and O–H groups in total. The van der Waals surface area contributed by atoms with Crippen molar-refractivity contribution in [2.45, 2.75) is 26.7 Å². The van der Waals surface area contributed by atoms with Crippen LogP contribution in [0.4, 0.5) is 23.2 Å². The van der Waals surface area contributed by atoms with Gasteiger partial charge in [-0.05, 0) is 24.5 Å². The number of alkyl halides is 1. The van der Waals surface area contributed by atoms with E-state index in [4.69, 9.17) is 5.11 Å². The highest BCUT2D eigenvalue weighted by Gasteiger charge is 2.30. The molecule has 0 heterocycles. The van der Waals surface area contributed by atoms with Gasteiger partial charge in [0.25, 0.3) is 0 Å². The smallest absolute Gasteiger partial charge is 0.353 e. The maximum atomic E-state index is 14.2. The van der Waals surface area contributed by atoms with Crippen LogP contribution in [0.5, 0.6) is 0 Å². The third kappa shape index (κ3) is 4.09. The molecule has 0 spiro atoms. The standard InChI is InChI=1S/C16H17F4NO4/c1-3-8-7-10(12(19)13(20)11(8)18)21(6-5-17)14(16(24)25)9(4-2)15(22)23/h7H,3-6H2,1-2H3,(H,22,23)(H,24,25). The summed E-state index contributed by atoms with van der Waals surface area (Å²) in [6.07, 6.45) is -0.295. The molecule has 0 bridgehead atoms. The van der Waals surface area contributed by atoms with Crippen LogP contribution in [0.1, 0.15) is 25.8 Å². The number of carboxylic acids is 2. The highest BCUT2D eigenvalue weighted by Crippen LogP contribution is 2.31. The number of aliphatic carboxylic acids is 2. The molecule has 1 rings (SSSR count). The highest BCUT2D eigenvalue weighted by molar-refractivity contribution is 6.01. The summed E-state index contributed by atoms with van der Waals surface area (Å²) in [5.41, 5.74) is -2.52. The van der Waals surface area contributed by atoms with Crippen LogP contribution in [0.3, 0.4) is 0 Å². The molecule has 25 heavy (non-hydrogen) atoms. The zero-order valence-corrected chi connectivity index (χ0v) is 13.6. The molecular formula is C16H17F4NO4. The Labute approximate surface area is 141 Å². The molecule has 0 saturated carbocycles. The Morgan fingerprint density at radius 1 is 1.04 bits per heavy atom. The molecule has 0 amide bonds. The highest BCUT2D eigenvalue weighted by atomic mass is 19.2. The number of carbonyl (C=O) groups is 2. The number of rotatable bonds is 8. The van der Waals surface area contributed by atoms with Gasteiger partial charge in [0, 0.05) is 0 Å². The normalized spacial score (nSPS) is 11.9. The largest absolute Gasteiger partial charge is 0.478 e. The number of benzene rings is 1. The van der Waals surface area contributed by atoms with Crippen molar-refractivity contribution in [3.05, 3.63) is 40.4 Å². The van der Waals surface area contributed by atoms with Gasteiger partial charge in [-0.2, -0.15) is 0 Å². The summed E-state index contributed by atoms with van der Waals surface area (Å²) in [7, 11) is 0. The number of anilines is 1. The molecular weight excluding hydrogens is 346 g/mol. The summed E-state index contributed by atoms with van der Waals surface area (Å²) >= 11 is 0. The minimum atomic E-state index is -1.84. The van der Waals surface area contributed by atoms with Gasteiger partial charge in [0.15, 0.2) is 17.5 Å². The van der Waals surface area contributed by atoms with Crippen LogP contribution in [-0.2, 0) is 16.0 Å². The summed E-state index contributed by atoms with van der Waals surface area (Å²) in [5.74, 6) is -8.34. The van der Waals surface area contributed by atoms with Gasteiger partial charge in [0.05, 0.1) is 17.8 Å². The third-order valence-corrected chi connectivity index (χ3v) is 3.55. The van der Waals surface area contributed by atoms with Crippen LogP contribution >= 0.6 is 0 Å². The lowest BCUT2D eigenvalue weighted by Crippen LogP contribution is -2.33. The molecule has 1 aromatic rings. The Morgan fingerprint density at radius 2 is 1.64 bits per heavy atom. The minimum Gasteiger partial charge on any atom is -0.478 e. The fourth-order valence-corrected chi connectivity index (χ4v) is 2.36. The SMILES string of the molecule is CCC(C(=O)O)=C(C(=O)O)N(CCF)c1cc(CC)c(F)c(F)c1F. The van der Waals surface area contributed by atoms with Crippen LogP contribution < -0.4 is 4.90 Å². The van der Waals surface area contributed by atoms with Gasteiger partial charge in [-0.3, -0.25) is 0 Å². The van der Waals surface area contributed by atoms with Gasteiger partial charge in [-0.1, -0.05) is 13.8 Å². The topological polar surface area (TPSA) is 77.8 Å². The first-order chi connectivity index (χ1) is 11.7. The fraction of sp³-hybridized carbons (Fsp3) is 0.375. The van der Waals surface area contributed by atoms with Crippen molar-refractivity contribution in [1.29, 1.82) is 0 Å². The van der Waals surface area contributed by atoms with Crippen LogP contribution in [0.25, 0.3) is 0 Å². The number of nitrogens with zero attached hydrogens (tertiary/aromatic N) is 1. The van der Waals surface area contributed by atoms with E-state index in [1.54, 1.807) is 0 Å². The average Bonchev–Trinajstić information content (AvgIpc) is 2.56. The van der Waals surface area contributed by atoms with Crippen molar-refractivity contribution in [1.82, 2.24) is 0 Å². The summed E-state index contributed by atoms with van der Waals surface area (Å²) in [6.45, 7) is 0.887. The first kappa shape index (κ1) is 20.5. The lowest BCUT2D eigenvalue weighted by Gasteiger charge is -2.26. The van der Waals surface area contributed by atoms with Crippen molar-refractivity contribution < 1.29 is 37.4 Å². The number of hydrogen-bond acceptors (Lipinski definition) is 3. The molecule has 0 aliphatic heterocycles. The summed E-state index contributed by atoms with van der Waals surface area (Å²) in [6, 6.07) is 0.849. The number of carboxylic acid groups (broad SMARTS) is 2. The first-order valence-electron chi connectivity index (χ1n) is 7.40. The Hall–Kier alpha value is -2.58. The van der Waals surface area contributed by atoms with Crippen molar-refractivity contribution in [2.75, 3.05) is 18.1 Å². The van der Waals surface area contributed by atoms with Crippen molar-refractivity contribution in [3.8, 4) is 0 Å². The van der Waals surface area contributed by atoms with E-state index in [2.05, 4.69) is 0 Å². The first-order valence-corrected chi connectivity index (χ1v) is 7.40. The van der Waals surface area contributed by atoms with Gasteiger partial charge in [0.1, 0.15) is 12.4 Å². The number of hydrogen-bond donors (Lipinski definition) is 2. The van der Waals surface area contributed by atoms with E-state index in [1.165, 1.54) is 13.8 Å². The Bertz CT molecular complexity index is 719. The summed E-state index contributed by atoms with van der Waals surface area (Å²) < 4.78 is 54.6. The predicted molar refractivity (Wildman–Crippen MR) is 81.6 cm³/mol. The zero-order chi connectivity index (χ0) is 19.3. The number of aryl methyl sites for hydroxylation is 1. The van der Waals surface area contributed by atoms with Gasteiger partial charge in [-0.25, -0.2) is 27.2 Å². The van der Waals surface area contributed by atoms with Gasteiger partial charge in [0.2, 0.25) is 0 Å². The fourth-order valence-electron chi connectivity index (χ4n) is 2.36. The molecule has 0 radical (unpaired) electrons. The number of halogens is 4. The van der Waals surface area contributed by atoms with Crippen molar-refractivity contribution in [2.24, 2.45) is 0 Å². The van der Waals surface area contributed by atoms with Gasteiger partial charge < -0.3 is 15.1 Å². The lowest BCUT2D eigenvalue weighted by molar-refractivity contribution is -0.136. The van der Waals surface area contributed by atoms with E-state index in [9.17, 15) is 32.3 Å². The van der Waals surface area contributed by atoms with E-state index in [-0.39, 0.29) is 18.4 Å². The van der Waals surface area contributed by atoms with Crippen LogP contribution in [0, 0.1) is 17.5 Å². The van der Waals surface area contributed by atoms with E-state index in [0.717, 1.165) is 6.07 Å². The minimum absolute atomic E-state index is 0.0365. The molecule has 9 heteroatoms. The van der Waals surface area contributed by atoms with Crippen molar-refractivity contribution in [3.63, 3.8) is 0 Å². The van der Waals surface area contributed by atoms with Crippen LogP contribution in [0.15, 0.2) is 17.3 Å². The predicted octanol–water partition coefficient (Wildman–Crippen LogP) is 3.28. The second kappa shape index (κ2) is 8.50.